The Morgan fingerprint density at radius 2 is 2.00 bits per heavy atom. The molecule has 1 saturated heterocycles. The van der Waals surface area contributed by atoms with Crippen molar-refractivity contribution in [1.29, 1.82) is 0 Å². The highest BCUT2D eigenvalue weighted by Crippen LogP contribution is 2.16. The van der Waals surface area contributed by atoms with Gasteiger partial charge < -0.3 is 15.4 Å². The lowest BCUT2D eigenvalue weighted by atomic mass is 10.1. The van der Waals surface area contributed by atoms with Crippen LogP contribution in [0.1, 0.15) is 0 Å². The van der Waals surface area contributed by atoms with E-state index in [9.17, 15) is 0 Å². The molecule has 0 amide bonds. The standard InChI is InChI=1S/C10H14N2O/c1-13-10-4-2-8(3-5-10)12-9-6-11-7-9/h2-5,9,11-12H,6-7H2,1H3. The summed E-state index contributed by atoms with van der Waals surface area (Å²) < 4.78 is 5.07. The number of hydrogen-bond acceptors (Lipinski definition) is 3. The maximum absolute atomic E-state index is 5.07. The maximum atomic E-state index is 5.07. The van der Waals surface area contributed by atoms with Gasteiger partial charge in [0, 0.05) is 18.8 Å². The number of hydrogen-bond donors (Lipinski definition) is 2. The highest BCUT2D eigenvalue weighted by atomic mass is 16.5. The van der Waals surface area contributed by atoms with Crippen molar-refractivity contribution in [3.8, 4) is 5.75 Å². The molecule has 1 heterocycles. The van der Waals surface area contributed by atoms with Crippen molar-refractivity contribution < 1.29 is 4.74 Å². The van der Waals surface area contributed by atoms with Crippen LogP contribution in [0.2, 0.25) is 0 Å². The average Bonchev–Trinajstić information content (AvgIpc) is 2.12. The van der Waals surface area contributed by atoms with E-state index in [-0.39, 0.29) is 0 Å². The van der Waals surface area contributed by atoms with Crippen LogP contribution in [0.15, 0.2) is 24.3 Å². The monoisotopic (exact) mass is 178 g/mol. The first-order valence-corrected chi connectivity index (χ1v) is 4.50. The number of ether oxygens (including phenoxy) is 1. The van der Waals surface area contributed by atoms with Gasteiger partial charge in [-0.15, -0.1) is 0 Å². The molecule has 13 heavy (non-hydrogen) atoms. The summed E-state index contributed by atoms with van der Waals surface area (Å²) in [4.78, 5) is 0. The predicted octanol–water partition coefficient (Wildman–Crippen LogP) is 1.08. The number of nitrogens with one attached hydrogen (secondary N) is 2. The minimum atomic E-state index is 0.591. The Labute approximate surface area is 78.1 Å². The van der Waals surface area contributed by atoms with Gasteiger partial charge >= 0.3 is 0 Å². The number of anilines is 1. The molecule has 0 unspecified atom stereocenters. The molecule has 0 aromatic heterocycles. The van der Waals surface area contributed by atoms with E-state index in [2.05, 4.69) is 10.6 Å². The average molecular weight is 178 g/mol. The lowest BCUT2D eigenvalue weighted by Gasteiger charge is -2.28. The van der Waals surface area contributed by atoms with Gasteiger partial charge in [-0.05, 0) is 24.3 Å². The largest absolute Gasteiger partial charge is 0.497 e. The molecule has 2 rings (SSSR count). The summed E-state index contributed by atoms with van der Waals surface area (Å²) in [7, 11) is 1.68. The molecule has 1 aliphatic rings. The van der Waals surface area contributed by atoms with Crippen LogP contribution in [0.3, 0.4) is 0 Å². The van der Waals surface area contributed by atoms with Crippen molar-refractivity contribution >= 4 is 5.69 Å². The zero-order chi connectivity index (χ0) is 9.10. The fraction of sp³-hybridized carbons (Fsp3) is 0.400. The molecular weight excluding hydrogens is 164 g/mol. The minimum Gasteiger partial charge on any atom is -0.497 e. The highest BCUT2D eigenvalue weighted by molar-refractivity contribution is 5.47. The van der Waals surface area contributed by atoms with E-state index in [0.717, 1.165) is 24.5 Å². The third kappa shape index (κ3) is 1.92. The van der Waals surface area contributed by atoms with E-state index in [0.29, 0.717) is 6.04 Å². The minimum absolute atomic E-state index is 0.591. The Hall–Kier alpha value is -1.22. The highest BCUT2D eigenvalue weighted by Gasteiger charge is 2.15. The summed E-state index contributed by atoms with van der Waals surface area (Å²) in [5, 5.41) is 6.63. The Kier molecular flexibility index (Phi) is 2.36. The summed E-state index contributed by atoms with van der Waals surface area (Å²) in [6.07, 6.45) is 0. The van der Waals surface area contributed by atoms with E-state index < -0.39 is 0 Å². The summed E-state index contributed by atoms with van der Waals surface area (Å²) >= 11 is 0. The van der Waals surface area contributed by atoms with Gasteiger partial charge in [-0.3, -0.25) is 0 Å². The molecule has 70 valence electrons. The quantitative estimate of drug-likeness (QED) is 0.726. The molecule has 1 fully saturated rings. The number of rotatable bonds is 3. The fourth-order valence-electron chi connectivity index (χ4n) is 1.31. The van der Waals surface area contributed by atoms with E-state index in [4.69, 9.17) is 4.74 Å². The molecule has 0 saturated carbocycles. The van der Waals surface area contributed by atoms with Gasteiger partial charge in [0.05, 0.1) is 13.2 Å². The summed E-state index contributed by atoms with van der Waals surface area (Å²) in [5.74, 6) is 0.900. The summed E-state index contributed by atoms with van der Waals surface area (Å²) in [6.45, 7) is 2.12. The second kappa shape index (κ2) is 3.66. The van der Waals surface area contributed by atoms with Crippen molar-refractivity contribution in [2.75, 3.05) is 25.5 Å². The molecule has 0 radical (unpaired) electrons. The molecule has 3 heteroatoms. The van der Waals surface area contributed by atoms with Crippen LogP contribution in [0, 0.1) is 0 Å². The molecule has 0 bridgehead atoms. The van der Waals surface area contributed by atoms with Gasteiger partial charge in [0.15, 0.2) is 0 Å². The van der Waals surface area contributed by atoms with Crippen molar-refractivity contribution in [1.82, 2.24) is 5.32 Å². The lowest BCUT2D eigenvalue weighted by molar-refractivity contribution is 0.414. The number of methoxy groups -OCH3 is 1. The Bertz CT molecular complexity index is 267. The van der Waals surface area contributed by atoms with Gasteiger partial charge in [-0.2, -0.15) is 0 Å². The van der Waals surface area contributed by atoms with Crippen molar-refractivity contribution in [2.24, 2.45) is 0 Å². The first-order chi connectivity index (χ1) is 6.38. The van der Waals surface area contributed by atoms with Crippen molar-refractivity contribution in [3.63, 3.8) is 0 Å². The topological polar surface area (TPSA) is 33.3 Å². The molecule has 0 spiro atoms. The Balaban J connectivity index is 1.96. The molecule has 3 nitrogen and oxygen atoms in total. The van der Waals surface area contributed by atoms with Crippen LogP contribution in [-0.2, 0) is 0 Å². The maximum Gasteiger partial charge on any atom is 0.119 e. The summed E-state index contributed by atoms with van der Waals surface area (Å²) in [6, 6.07) is 8.60. The first-order valence-electron chi connectivity index (χ1n) is 4.50. The zero-order valence-electron chi connectivity index (χ0n) is 7.71. The molecule has 2 N–H and O–H groups in total. The van der Waals surface area contributed by atoms with Gasteiger partial charge in [-0.25, -0.2) is 0 Å². The second-order valence-corrected chi connectivity index (χ2v) is 3.23. The third-order valence-electron chi connectivity index (χ3n) is 2.24. The van der Waals surface area contributed by atoms with Crippen LogP contribution < -0.4 is 15.4 Å². The smallest absolute Gasteiger partial charge is 0.119 e. The van der Waals surface area contributed by atoms with Crippen LogP contribution >= 0.6 is 0 Å². The van der Waals surface area contributed by atoms with Crippen LogP contribution in [0.25, 0.3) is 0 Å². The summed E-state index contributed by atoms with van der Waals surface area (Å²) in [5.41, 5.74) is 1.16. The van der Waals surface area contributed by atoms with Gasteiger partial charge in [-0.1, -0.05) is 0 Å². The molecule has 1 aromatic rings. The molecule has 1 aromatic carbocycles. The van der Waals surface area contributed by atoms with Crippen molar-refractivity contribution in [3.05, 3.63) is 24.3 Å². The van der Waals surface area contributed by atoms with E-state index in [1.807, 2.05) is 24.3 Å². The van der Waals surface area contributed by atoms with E-state index >= 15 is 0 Å². The number of benzene rings is 1. The molecular formula is C10H14N2O. The van der Waals surface area contributed by atoms with Crippen LogP contribution in [0.4, 0.5) is 5.69 Å². The molecule has 0 aliphatic carbocycles. The zero-order valence-corrected chi connectivity index (χ0v) is 7.71. The third-order valence-corrected chi connectivity index (χ3v) is 2.24. The predicted molar refractivity (Wildman–Crippen MR) is 53.3 cm³/mol. The van der Waals surface area contributed by atoms with Gasteiger partial charge in [0.2, 0.25) is 0 Å². The molecule has 1 aliphatic heterocycles. The van der Waals surface area contributed by atoms with Crippen molar-refractivity contribution in [2.45, 2.75) is 6.04 Å². The fourth-order valence-corrected chi connectivity index (χ4v) is 1.31. The second-order valence-electron chi connectivity index (χ2n) is 3.23. The molecule has 0 atom stereocenters. The van der Waals surface area contributed by atoms with Gasteiger partial charge in [0.25, 0.3) is 0 Å². The Morgan fingerprint density at radius 3 is 2.46 bits per heavy atom. The lowest BCUT2D eigenvalue weighted by Crippen LogP contribution is -2.51. The van der Waals surface area contributed by atoms with E-state index in [1.54, 1.807) is 7.11 Å². The first kappa shape index (κ1) is 8.38. The normalized spacial score (nSPS) is 16.4. The Morgan fingerprint density at radius 1 is 1.31 bits per heavy atom. The van der Waals surface area contributed by atoms with E-state index in [1.165, 1.54) is 0 Å². The van der Waals surface area contributed by atoms with Gasteiger partial charge in [0.1, 0.15) is 5.75 Å². The SMILES string of the molecule is COc1ccc(NC2CNC2)cc1. The van der Waals surface area contributed by atoms with Crippen LogP contribution in [0.5, 0.6) is 5.75 Å². The van der Waals surface area contributed by atoms with Crippen LogP contribution in [-0.4, -0.2) is 26.2 Å².